The summed E-state index contributed by atoms with van der Waals surface area (Å²) < 4.78 is 5.26. The van der Waals surface area contributed by atoms with Crippen molar-refractivity contribution >= 4 is 0 Å². The lowest BCUT2D eigenvalue weighted by atomic mass is 10.1. The van der Waals surface area contributed by atoms with Crippen molar-refractivity contribution in [1.82, 2.24) is 10.1 Å². The van der Waals surface area contributed by atoms with Crippen LogP contribution < -0.4 is 0 Å². The average Bonchev–Trinajstić information content (AvgIpc) is 2.75. The van der Waals surface area contributed by atoms with Gasteiger partial charge in [-0.25, -0.2) is 0 Å². The maximum absolute atomic E-state index is 9.37. The first-order valence-corrected chi connectivity index (χ1v) is 6.19. The molecule has 1 heterocycles. The third kappa shape index (κ3) is 2.88. The lowest BCUT2D eigenvalue weighted by molar-refractivity contribution is 0.418. The monoisotopic (exact) mass is 246 g/mol. The van der Waals surface area contributed by atoms with E-state index in [1.165, 1.54) is 0 Å². The predicted molar refractivity (Wildman–Crippen MR) is 69.3 cm³/mol. The smallest absolute Gasteiger partial charge is 0.258 e. The van der Waals surface area contributed by atoms with Gasteiger partial charge in [0.25, 0.3) is 5.89 Å². The van der Waals surface area contributed by atoms with Gasteiger partial charge in [-0.3, -0.25) is 0 Å². The van der Waals surface area contributed by atoms with Crippen LogP contribution in [0.5, 0.6) is 5.75 Å². The zero-order chi connectivity index (χ0) is 13.1. The van der Waals surface area contributed by atoms with Gasteiger partial charge >= 0.3 is 0 Å². The van der Waals surface area contributed by atoms with E-state index in [0.717, 1.165) is 29.8 Å². The second-order valence-corrected chi connectivity index (χ2v) is 4.95. The van der Waals surface area contributed by atoms with E-state index in [1.807, 2.05) is 6.92 Å². The SMILES string of the molecule is Cc1cc(O)ccc1-c1nc(CCC(C)C)no1. The van der Waals surface area contributed by atoms with Gasteiger partial charge < -0.3 is 9.63 Å². The fourth-order valence-corrected chi connectivity index (χ4v) is 1.77. The second kappa shape index (κ2) is 5.21. The molecule has 0 aliphatic carbocycles. The second-order valence-electron chi connectivity index (χ2n) is 4.95. The van der Waals surface area contributed by atoms with Crippen LogP contribution >= 0.6 is 0 Å². The van der Waals surface area contributed by atoms with Crippen LogP contribution in [0.15, 0.2) is 22.7 Å². The molecule has 1 aromatic carbocycles. The number of aromatic hydroxyl groups is 1. The average molecular weight is 246 g/mol. The van der Waals surface area contributed by atoms with Gasteiger partial charge in [0.05, 0.1) is 0 Å². The number of aromatic nitrogens is 2. The number of benzene rings is 1. The summed E-state index contributed by atoms with van der Waals surface area (Å²) in [4.78, 5) is 4.38. The van der Waals surface area contributed by atoms with E-state index in [4.69, 9.17) is 4.52 Å². The first-order valence-electron chi connectivity index (χ1n) is 6.19. The molecule has 0 spiro atoms. The molecule has 96 valence electrons. The molecule has 4 heteroatoms. The van der Waals surface area contributed by atoms with E-state index in [1.54, 1.807) is 18.2 Å². The Labute approximate surface area is 107 Å². The van der Waals surface area contributed by atoms with Crippen LogP contribution in [0.1, 0.15) is 31.7 Å². The van der Waals surface area contributed by atoms with Gasteiger partial charge in [0.2, 0.25) is 0 Å². The van der Waals surface area contributed by atoms with E-state index in [-0.39, 0.29) is 5.75 Å². The summed E-state index contributed by atoms with van der Waals surface area (Å²) in [5.74, 6) is 2.13. The normalized spacial score (nSPS) is 11.1. The molecule has 4 nitrogen and oxygen atoms in total. The first kappa shape index (κ1) is 12.6. The molecular formula is C14H18N2O2. The van der Waals surface area contributed by atoms with Crippen LogP contribution in [0.2, 0.25) is 0 Å². The van der Waals surface area contributed by atoms with Gasteiger partial charge in [-0.2, -0.15) is 4.98 Å². The van der Waals surface area contributed by atoms with E-state index in [0.29, 0.717) is 11.8 Å². The van der Waals surface area contributed by atoms with Crippen LogP contribution in [0.25, 0.3) is 11.5 Å². The summed E-state index contributed by atoms with van der Waals surface area (Å²) in [7, 11) is 0. The van der Waals surface area contributed by atoms with Crippen molar-refractivity contribution in [2.24, 2.45) is 5.92 Å². The third-order valence-electron chi connectivity index (χ3n) is 2.85. The molecular weight excluding hydrogens is 228 g/mol. The van der Waals surface area contributed by atoms with Crippen LogP contribution in [-0.2, 0) is 6.42 Å². The van der Waals surface area contributed by atoms with E-state index in [2.05, 4.69) is 24.0 Å². The lowest BCUT2D eigenvalue weighted by Crippen LogP contribution is -1.94. The number of aryl methyl sites for hydroxylation is 2. The first-order chi connectivity index (χ1) is 8.56. The summed E-state index contributed by atoms with van der Waals surface area (Å²) in [5.41, 5.74) is 1.80. The highest BCUT2D eigenvalue weighted by atomic mass is 16.5. The number of phenolic OH excluding ortho intramolecular Hbond substituents is 1. The lowest BCUT2D eigenvalue weighted by Gasteiger charge is -2.00. The predicted octanol–water partition coefficient (Wildman–Crippen LogP) is 3.34. The molecule has 2 rings (SSSR count). The standard InChI is InChI=1S/C14H18N2O2/c1-9(2)4-7-13-15-14(18-16-13)12-6-5-11(17)8-10(12)3/h5-6,8-9,17H,4,7H2,1-3H3. The molecule has 1 N–H and O–H groups in total. The Hall–Kier alpha value is -1.84. The Kier molecular flexibility index (Phi) is 3.65. The summed E-state index contributed by atoms with van der Waals surface area (Å²) in [5, 5.41) is 13.3. The van der Waals surface area contributed by atoms with Crippen LogP contribution in [-0.4, -0.2) is 15.2 Å². The van der Waals surface area contributed by atoms with Crippen molar-refractivity contribution in [2.75, 3.05) is 0 Å². The zero-order valence-corrected chi connectivity index (χ0v) is 11.0. The van der Waals surface area contributed by atoms with Gasteiger partial charge in [-0.15, -0.1) is 0 Å². The summed E-state index contributed by atoms with van der Waals surface area (Å²) in [6.07, 6.45) is 1.88. The topological polar surface area (TPSA) is 59.2 Å². The highest BCUT2D eigenvalue weighted by Crippen LogP contribution is 2.25. The van der Waals surface area contributed by atoms with Crippen LogP contribution in [0.3, 0.4) is 0 Å². The fraction of sp³-hybridized carbons (Fsp3) is 0.429. The Morgan fingerprint density at radius 3 is 2.78 bits per heavy atom. The van der Waals surface area contributed by atoms with Crippen molar-refractivity contribution in [3.8, 4) is 17.2 Å². The van der Waals surface area contributed by atoms with Crippen LogP contribution in [0, 0.1) is 12.8 Å². The molecule has 0 atom stereocenters. The van der Waals surface area contributed by atoms with Gasteiger partial charge in [0.1, 0.15) is 5.75 Å². The van der Waals surface area contributed by atoms with Gasteiger partial charge in [0, 0.05) is 12.0 Å². The van der Waals surface area contributed by atoms with Crippen molar-refractivity contribution < 1.29 is 9.63 Å². The molecule has 0 bridgehead atoms. The highest BCUT2D eigenvalue weighted by molar-refractivity contribution is 5.59. The van der Waals surface area contributed by atoms with Gasteiger partial charge in [0.15, 0.2) is 5.82 Å². The molecule has 0 aliphatic heterocycles. The zero-order valence-electron chi connectivity index (χ0n) is 11.0. The highest BCUT2D eigenvalue weighted by Gasteiger charge is 2.11. The Morgan fingerprint density at radius 1 is 1.33 bits per heavy atom. The summed E-state index contributed by atoms with van der Waals surface area (Å²) in [6, 6.07) is 5.11. The van der Waals surface area contributed by atoms with E-state index >= 15 is 0 Å². The summed E-state index contributed by atoms with van der Waals surface area (Å²) in [6.45, 7) is 6.25. The maximum Gasteiger partial charge on any atom is 0.258 e. The van der Waals surface area contributed by atoms with Crippen LogP contribution in [0.4, 0.5) is 0 Å². The molecule has 0 amide bonds. The van der Waals surface area contributed by atoms with Gasteiger partial charge in [-0.1, -0.05) is 19.0 Å². The minimum atomic E-state index is 0.246. The van der Waals surface area contributed by atoms with E-state index < -0.39 is 0 Å². The largest absolute Gasteiger partial charge is 0.508 e. The number of hydrogen-bond donors (Lipinski definition) is 1. The molecule has 0 aliphatic rings. The Bertz CT molecular complexity index is 532. The number of hydrogen-bond acceptors (Lipinski definition) is 4. The fourth-order valence-electron chi connectivity index (χ4n) is 1.77. The quantitative estimate of drug-likeness (QED) is 0.898. The van der Waals surface area contributed by atoms with E-state index in [9.17, 15) is 5.11 Å². The molecule has 2 aromatic rings. The molecule has 0 fully saturated rings. The van der Waals surface area contributed by atoms with Crippen molar-refractivity contribution in [3.63, 3.8) is 0 Å². The molecule has 0 saturated carbocycles. The molecule has 0 saturated heterocycles. The summed E-state index contributed by atoms with van der Waals surface area (Å²) >= 11 is 0. The molecule has 18 heavy (non-hydrogen) atoms. The minimum absolute atomic E-state index is 0.246. The molecule has 0 radical (unpaired) electrons. The molecule has 1 aromatic heterocycles. The molecule has 0 unspecified atom stereocenters. The number of phenols is 1. The maximum atomic E-state index is 9.37. The van der Waals surface area contributed by atoms with Crippen molar-refractivity contribution in [3.05, 3.63) is 29.6 Å². The number of rotatable bonds is 4. The number of nitrogens with zero attached hydrogens (tertiary/aromatic N) is 2. The Morgan fingerprint density at radius 2 is 2.11 bits per heavy atom. The van der Waals surface area contributed by atoms with Crippen molar-refractivity contribution in [2.45, 2.75) is 33.6 Å². The van der Waals surface area contributed by atoms with Gasteiger partial charge in [-0.05, 0) is 43.0 Å². The Balaban J connectivity index is 2.18. The third-order valence-corrected chi connectivity index (χ3v) is 2.85. The van der Waals surface area contributed by atoms with Crippen molar-refractivity contribution in [1.29, 1.82) is 0 Å². The minimum Gasteiger partial charge on any atom is -0.508 e.